The fraction of sp³-hybridized carbons (Fsp3) is 0.333. The van der Waals surface area contributed by atoms with E-state index in [9.17, 15) is 18.0 Å². The van der Waals surface area contributed by atoms with E-state index in [-0.39, 0.29) is 12.5 Å². The average molecular weight is 536 g/mol. The summed E-state index contributed by atoms with van der Waals surface area (Å²) in [6.45, 7) is 4.27. The fourth-order valence-corrected chi connectivity index (χ4v) is 5.09. The molecule has 0 aliphatic rings. The van der Waals surface area contributed by atoms with Crippen LogP contribution in [-0.2, 0) is 32.6 Å². The zero-order chi connectivity index (χ0) is 27.5. The van der Waals surface area contributed by atoms with E-state index >= 15 is 0 Å². The summed E-state index contributed by atoms with van der Waals surface area (Å²) in [5, 5.41) is 2.99. The Morgan fingerprint density at radius 3 is 2.11 bits per heavy atom. The molecule has 1 atom stereocenters. The Morgan fingerprint density at radius 1 is 0.895 bits per heavy atom. The van der Waals surface area contributed by atoms with Crippen LogP contribution in [0.5, 0.6) is 0 Å². The summed E-state index contributed by atoms with van der Waals surface area (Å²) < 4.78 is 26.6. The first-order chi connectivity index (χ1) is 18.2. The molecule has 3 aromatic rings. The third-order valence-corrected chi connectivity index (χ3v) is 7.57. The molecular formula is C30H37N3O4S. The normalized spacial score (nSPS) is 12.0. The highest BCUT2D eigenvalue weighted by Crippen LogP contribution is 2.21. The third-order valence-electron chi connectivity index (χ3n) is 6.43. The van der Waals surface area contributed by atoms with Crippen LogP contribution in [0, 0.1) is 6.92 Å². The van der Waals surface area contributed by atoms with Crippen LogP contribution < -0.4 is 9.62 Å². The summed E-state index contributed by atoms with van der Waals surface area (Å²) in [5.74, 6) is -0.705. The van der Waals surface area contributed by atoms with Crippen LogP contribution in [0.25, 0.3) is 0 Å². The van der Waals surface area contributed by atoms with E-state index in [0.29, 0.717) is 18.7 Å². The van der Waals surface area contributed by atoms with Crippen molar-refractivity contribution < 1.29 is 18.0 Å². The number of hydrogen-bond acceptors (Lipinski definition) is 4. The molecule has 0 aliphatic heterocycles. The van der Waals surface area contributed by atoms with Gasteiger partial charge in [-0.15, -0.1) is 0 Å². The molecule has 38 heavy (non-hydrogen) atoms. The Kier molecular flexibility index (Phi) is 10.5. The lowest BCUT2D eigenvalue weighted by atomic mass is 10.0. The smallest absolute Gasteiger partial charge is 0.244 e. The van der Waals surface area contributed by atoms with Crippen molar-refractivity contribution in [1.29, 1.82) is 0 Å². The zero-order valence-corrected chi connectivity index (χ0v) is 23.2. The minimum Gasteiger partial charge on any atom is -0.354 e. The quantitative estimate of drug-likeness (QED) is 0.330. The molecule has 0 spiro atoms. The Labute approximate surface area is 226 Å². The van der Waals surface area contributed by atoms with Gasteiger partial charge in [0.15, 0.2) is 0 Å². The molecule has 0 aliphatic carbocycles. The van der Waals surface area contributed by atoms with Gasteiger partial charge in [0, 0.05) is 19.5 Å². The monoisotopic (exact) mass is 535 g/mol. The first-order valence-corrected chi connectivity index (χ1v) is 14.7. The molecule has 0 heterocycles. The van der Waals surface area contributed by atoms with E-state index < -0.39 is 28.5 Å². The van der Waals surface area contributed by atoms with E-state index in [1.165, 1.54) is 4.90 Å². The lowest BCUT2D eigenvalue weighted by molar-refractivity contribution is -0.140. The van der Waals surface area contributed by atoms with E-state index in [1.54, 1.807) is 30.3 Å². The van der Waals surface area contributed by atoms with Crippen molar-refractivity contribution in [2.75, 3.05) is 23.7 Å². The maximum absolute atomic E-state index is 14.0. The molecule has 0 fully saturated rings. The van der Waals surface area contributed by atoms with E-state index in [1.807, 2.05) is 68.4 Å². The molecule has 0 radical (unpaired) electrons. The van der Waals surface area contributed by atoms with Gasteiger partial charge in [0.25, 0.3) is 0 Å². The van der Waals surface area contributed by atoms with Crippen LogP contribution in [0.15, 0.2) is 84.9 Å². The van der Waals surface area contributed by atoms with Gasteiger partial charge in [-0.05, 0) is 42.2 Å². The van der Waals surface area contributed by atoms with Gasteiger partial charge in [0.05, 0.1) is 11.9 Å². The minimum atomic E-state index is -3.76. The fourth-order valence-electron chi connectivity index (χ4n) is 4.24. The highest BCUT2D eigenvalue weighted by Gasteiger charge is 2.33. The first kappa shape index (κ1) is 28.9. The number of amides is 2. The number of carbonyl (C=O) groups is 2. The molecule has 3 rings (SSSR count). The van der Waals surface area contributed by atoms with Gasteiger partial charge in [-0.1, -0.05) is 86.1 Å². The van der Waals surface area contributed by atoms with Crippen LogP contribution in [-0.4, -0.2) is 50.5 Å². The number of rotatable bonds is 13. The molecule has 202 valence electrons. The second kappa shape index (κ2) is 13.8. The summed E-state index contributed by atoms with van der Waals surface area (Å²) in [4.78, 5) is 29.1. The number of hydrogen-bond donors (Lipinski definition) is 1. The number of para-hydroxylation sites is 1. The lowest BCUT2D eigenvalue weighted by Crippen LogP contribution is -2.53. The summed E-state index contributed by atoms with van der Waals surface area (Å²) in [6, 6.07) is 25.0. The van der Waals surface area contributed by atoms with Crippen molar-refractivity contribution in [3.05, 3.63) is 102 Å². The highest BCUT2D eigenvalue weighted by atomic mass is 32.2. The van der Waals surface area contributed by atoms with Crippen molar-refractivity contribution in [3.8, 4) is 0 Å². The molecule has 0 bridgehead atoms. The number of unbranched alkanes of at least 4 members (excludes halogenated alkanes) is 1. The van der Waals surface area contributed by atoms with Gasteiger partial charge in [-0.25, -0.2) is 8.42 Å². The molecule has 0 saturated heterocycles. The van der Waals surface area contributed by atoms with Gasteiger partial charge in [0.2, 0.25) is 21.8 Å². The van der Waals surface area contributed by atoms with Crippen molar-refractivity contribution in [1.82, 2.24) is 10.2 Å². The van der Waals surface area contributed by atoms with Crippen molar-refractivity contribution in [2.45, 2.75) is 45.7 Å². The van der Waals surface area contributed by atoms with Crippen LogP contribution in [0.3, 0.4) is 0 Å². The summed E-state index contributed by atoms with van der Waals surface area (Å²) >= 11 is 0. The third kappa shape index (κ3) is 8.18. The number of aryl methyl sites for hydroxylation is 1. The Morgan fingerprint density at radius 2 is 1.50 bits per heavy atom. The van der Waals surface area contributed by atoms with E-state index in [2.05, 4.69) is 5.32 Å². The molecule has 3 aromatic carbocycles. The number of nitrogens with one attached hydrogen (secondary N) is 1. The summed E-state index contributed by atoms with van der Waals surface area (Å²) in [5.41, 5.74) is 3.18. The van der Waals surface area contributed by atoms with Crippen molar-refractivity contribution in [3.63, 3.8) is 0 Å². The van der Waals surface area contributed by atoms with Gasteiger partial charge in [-0.2, -0.15) is 0 Å². The zero-order valence-electron chi connectivity index (χ0n) is 22.3. The Hall–Kier alpha value is -3.65. The lowest BCUT2D eigenvalue weighted by Gasteiger charge is -2.34. The van der Waals surface area contributed by atoms with E-state index in [4.69, 9.17) is 0 Å². The van der Waals surface area contributed by atoms with Gasteiger partial charge in [0.1, 0.15) is 12.6 Å². The van der Waals surface area contributed by atoms with Gasteiger partial charge >= 0.3 is 0 Å². The second-order valence-corrected chi connectivity index (χ2v) is 11.3. The van der Waals surface area contributed by atoms with Crippen molar-refractivity contribution in [2.24, 2.45) is 0 Å². The predicted molar refractivity (Wildman–Crippen MR) is 152 cm³/mol. The molecule has 0 saturated carbocycles. The number of nitrogens with zero attached hydrogens (tertiary/aromatic N) is 2. The average Bonchev–Trinajstić information content (AvgIpc) is 2.90. The SMILES string of the molecule is CCCCNC(=O)[C@H](Cc1ccccc1)N(Cc1ccccc1C)C(=O)CN(c1ccccc1)S(C)(=O)=O. The van der Waals surface area contributed by atoms with Crippen molar-refractivity contribution >= 4 is 27.5 Å². The second-order valence-electron chi connectivity index (χ2n) is 9.40. The minimum absolute atomic E-state index is 0.177. The Bertz CT molecular complexity index is 1300. The molecule has 8 heteroatoms. The standard InChI is InChI=1S/C30H37N3O4S/c1-4-5-20-31-30(35)28(21-25-15-8-6-9-16-25)32(22-26-17-13-12-14-24(26)2)29(34)23-33(38(3,36)37)27-18-10-7-11-19-27/h6-19,28H,4-5,20-23H2,1-3H3,(H,31,35)/t28-/m0/s1. The number of sulfonamides is 1. The van der Waals surface area contributed by atoms with Crippen LogP contribution in [0.2, 0.25) is 0 Å². The number of benzene rings is 3. The predicted octanol–water partition coefficient (Wildman–Crippen LogP) is 4.32. The molecule has 0 aromatic heterocycles. The molecule has 2 amide bonds. The van der Waals surface area contributed by atoms with Crippen LogP contribution >= 0.6 is 0 Å². The summed E-state index contributed by atoms with van der Waals surface area (Å²) in [6.07, 6.45) is 3.14. The van der Waals surface area contributed by atoms with Crippen LogP contribution in [0.1, 0.15) is 36.5 Å². The molecular weight excluding hydrogens is 498 g/mol. The van der Waals surface area contributed by atoms with Gasteiger partial charge < -0.3 is 10.2 Å². The maximum Gasteiger partial charge on any atom is 0.244 e. The largest absolute Gasteiger partial charge is 0.354 e. The highest BCUT2D eigenvalue weighted by molar-refractivity contribution is 7.92. The van der Waals surface area contributed by atoms with Crippen LogP contribution in [0.4, 0.5) is 5.69 Å². The number of carbonyl (C=O) groups excluding carboxylic acids is 2. The first-order valence-electron chi connectivity index (χ1n) is 12.9. The molecule has 1 N–H and O–H groups in total. The van der Waals surface area contributed by atoms with Gasteiger partial charge in [-0.3, -0.25) is 13.9 Å². The number of anilines is 1. The topological polar surface area (TPSA) is 86.8 Å². The maximum atomic E-state index is 14.0. The molecule has 0 unspecified atom stereocenters. The Balaban J connectivity index is 2.02. The summed E-state index contributed by atoms with van der Waals surface area (Å²) in [7, 11) is -3.76. The van der Waals surface area contributed by atoms with E-state index in [0.717, 1.165) is 40.1 Å². The molecule has 7 nitrogen and oxygen atoms in total.